The van der Waals surface area contributed by atoms with Crippen molar-refractivity contribution in [3.63, 3.8) is 0 Å². The van der Waals surface area contributed by atoms with Gasteiger partial charge in [0, 0.05) is 29.7 Å². The maximum atomic E-state index is 12.2. The molecule has 0 fully saturated rings. The van der Waals surface area contributed by atoms with Gasteiger partial charge in [-0.1, -0.05) is 42.5 Å². The number of carbonyl (C=O) groups excluding carboxylic acids is 1. The molecule has 0 saturated heterocycles. The molecule has 0 aliphatic carbocycles. The number of methoxy groups -OCH3 is 1. The number of ether oxygens (including phenoxy) is 1. The molecule has 2 aromatic heterocycles. The van der Waals surface area contributed by atoms with E-state index in [2.05, 4.69) is 27.6 Å². The zero-order chi connectivity index (χ0) is 21.5. The molecule has 7 heteroatoms. The monoisotopic (exact) mass is 411 g/mol. The van der Waals surface area contributed by atoms with Crippen molar-refractivity contribution in [2.75, 3.05) is 7.11 Å². The van der Waals surface area contributed by atoms with Crippen LogP contribution in [0.5, 0.6) is 5.75 Å². The summed E-state index contributed by atoms with van der Waals surface area (Å²) in [6.07, 6.45) is 6.60. The minimum absolute atomic E-state index is 0.330. The van der Waals surface area contributed by atoms with E-state index in [0.29, 0.717) is 12.1 Å². The Morgan fingerprint density at radius 1 is 1.13 bits per heavy atom. The van der Waals surface area contributed by atoms with E-state index >= 15 is 0 Å². The summed E-state index contributed by atoms with van der Waals surface area (Å²) in [6, 6.07) is 21.1. The average molecular weight is 411 g/mol. The van der Waals surface area contributed by atoms with Crippen LogP contribution in [0.25, 0.3) is 11.3 Å². The molecule has 0 bridgehead atoms. The molecule has 0 saturated carbocycles. The fourth-order valence-electron chi connectivity index (χ4n) is 3.10. The number of carbonyl (C=O) groups is 1. The Morgan fingerprint density at radius 2 is 2.00 bits per heavy atom. The second-order valence-corrected chi connectivity index (χ2v) is 6.79. The third kappa shape index (κ3) is 5.02. The van der Waals surface area contributed by atoms with Gasteiger partial charge in [-0.3, -0.25) is 14.5 Å². The summed E-state index contributed by atoms with van der Waals surface area (Å²) in [7, 11) is 1.63. The Bertz CT molecular complexity index is 1190. The smallest absolute Gasteiger partial charge is 0.272 e. The van der Waals surface area contributed by atoms with Gasteiger partial charge in [-0.05, 0) is 29.8 Å². The molecule has 2 aromatic carbocycles. The maximum absolute atomic E-state index is 12.2. The summed E-state index contributed by atoms with van der Waals surface area (Å²) in [6.45, 7) is 0.619. The van der Waals surface area contributed by atoms with E-state index in [0.717, 1.165) is 28.1 Å². The summed E-state index contributed by atoms with van der Waals surface area (Å²) >= 11 is 0. The summed E-state index contributed by atoms with van der Waals surface area (Å²) in [5.74, 6) is 0.409. The molecule has 0 unspecified atom stereocenters. The van der Waals surface area contributed by atoms with Crippen molar-refractivity contribution >= 4 is 12.1 Å². The van der Waals surface area contributed by atoms with E-state index in [9.17, 15) is 4.79 Å². The lowest BCUT2D eigenvalue weighted by atomic mass is 10.1. The molecule has 7 nitrogen and oxygen atoms in total. The predicted octanol–water partition coefficient (Wildman–Crippen LogP) is 3.77. The van der Waals surface area contributed by atoms with Crippen LogP contribution in [0.15, 0.2) is 90.4 Å². The molecule has 154 valence electrons. The van der Waals surface area contributed by atoms with Crippen LogP contribution in [-0.2, 0) is 6.54 Å². The van der Waals surface area contributed by atoms with Gasteiger partial charge in [0.1, 0.15) is 11.4 Å². The Hall–Kier alpha value is -4.26. The Balaban J connectivity index is 1.61. The standard InChI is InChI=1S/C24H21N5O2/c1-31-22-11-5-9-19(13-22)23-21(15-26-27-24(30)20-10-6-12-25-14-20)17-29(28-23)16-18-7-3-2-4-8-18/h2-15,17H,16H2,1H3,(H,27,30)/b26-15-. The van der Waals surface area contributed by atoms with Crippen LogP contribution >= 0.6 is 0 Å². The first-order chi connectivity index (χ1) is 15.2. The number of nitrogens with zero attached hydrogens (tertiary/aromatic N) is 4. The number of pyridine rings is 1. The molecule has 1 N–H and O–H groups in total. The van der Waals surface area contributed by atoms with Crippen LogP contribution in [0.2, 0.25) is 0 Å². The van der Waals surface area contributed by atoms with Crippen LogP contribution in [-0.4, -0.2) is 34.0 Å². The highest BCUT2D eigenvalue weighted by atomic mass is 16.5. The lowest BCUT2D eigenvalue weighted by Crippen LogP contribution is -2.17. The zero-order valence-electron chi connectivity index (χ0n) is 17.0. The van der Waals surface area contributed by atoms with Crippen LogP contribution in [0.1, 0.15) is 21.5 Å². The van der Waals surface area contributed by atoms with E-state index in [-0.39, 0.29) is 5.91 Å². The molecule has 4 aromatic rings. The highest BCUT2D eigenvalue weighted by Crippen LogP contribution is 2.25. The minimum atomic E-state index is -0.330. The maximum Gasteiger partial charge on any atom is 0.272 e. The van der Waals surface area contributed by atoms with E-state index in [1.165, 1.54) is 6.20 Å². The molecular formula is C24H21N5O2. The number of hydrazone groups is 1. The van der Waals surface area contributed by atoms with Gasteiger partial charge in [0.2, 0.25) is 0 Å². The van der Waals surface area contributed by atoms with Crippen molar-refractivity contribution in [1.82, 2.24) is 20.2 Å². The zero-order valence-corrected chi connectivity index (χ0v) is 17.0. The summed E-state index contributed by atoms with van der Waals surface area (Å²) < 4.78 is 7.20. The van der Waals surface area contributed by atoms with Crippen molar-refractivity contribution in [3.8, 4) is 17.0 Å². The number of aromatic nitrogens is 3. The SMILES string of the molecule is COc1cccc(-c2nn(Cc3ccccc3)cc2/C=N\NC(=O)c2cccnc2)c1. The Morgan fingerprint density at radius 3 is 2.77 bits per heavy atom. The van der Waals surface area contributed by atoms with Gasteiger partial charge in [-0.25, -0.2) is 5.43 Å². The number of rotatable bonds is 7. The van der Waals surface area contributed by atoms with E-state index < -0.39 is 0 Å². The molecule has 1 amide bonds. The summed E-state index contributed by atoms with van der Waals surface area (Å²) in [4.78, 5) is 16.2. The highest BCUT2D eigenvalue weighted by molar-refractivity contribution is 5.95. The molecule has 0 aliphatic rings. The average Bonchev–Trinajstić information content (AvgIpc) is 3.22. The predicted molar refractivity (Wildman–Crippen MR) is 119 cm³/mol. The topological polar surface area (TPSA) is 81.4 Å². The third-order valence-corrected chi connectivity index (χ3v) is 4.61. The lowest BCUT2D eigenvalue weighted by molar-refractivity contribution is 0.0955. The first-order valence-corrected chi connectivity index (χ1v) is 9.72. The van der Waals surface area contributed by atoms with Gasteiger partial charge >= 0.3 is 0 Å². The van der Waals surface area contributed by atoms with Crippen LogP contribution in [0, 0.1) is 0 Å². The van der Waals surface area contributed by atoms with Crippen molar-refractivity contribution in [1.29, 1.82) is 0 Å². The lowest BCUT2D eigenvalue weighted by Gasteiger charge is -2.03. The third-order valence-electron chi connectivity index (χ3n) is 4.61. The van der Waals surface area contributed by atoms with Crippen molar-refractivity contribution < 1.29 is 9.53 Å². The second-order valence-electron chi connectivity index (χ2n) is 6.79. The van der Waals surface area contributed by atoms with Gasteiger partial charge in [0.25, 0.3) is 5.91 Å². The minimum Gasteiger partial charge on any atom is -0.497 e. The number of benzene rings is 2. The van der Waals surface area contributed by atoms with Gasteiger partial charge in [-0.15, -0.1) is 0 Å². The Kier molecular flexibility index (Phi) is 6.13. The molecular weight excluding hydrogens is 390 g/mol. The van der Waals surface area contributed by atoms with E-state index in [1.807, 2.05) is 53.3 Å². The summed E-state index contributed by atoms with van der Waals surface area (Å²) in [5, 5.41) is 8.88. The first-order valence-electron chi connectivity index (χ1n) is 9.72. The highest BCUT2D eigenvalue weighted by Gasteiger charge is 2.12. The molecule has 0 spiro atoms. The van der Waals surface area contributed by atoms with E-state index in [1.54, 1.807) is 31.7 Å². The fourth-order valence-corrected chi connectivity index (χ4v) is 3.10. The van der Waals surface area contributed by atoms with Crippen molar-refractivity contribution in [2.24, 2.45) is 5.10 Å². The van der Waals surface area contributed by atoms with Crippen LogP contribution in [0.4, 0.5) is 0 Å². The largest absolute Gasteiger partial charge is 0.497 e. The van der Waals surface area contributed by atoms with E-state index in [4.69, 9.17) is 9.84 Å². The molecule has 0 radical (unpaired) electrons. The van der Waals surface area contributed by atoms with Crippen LogP contribution < -0.4 is 10.2 Å². The second kappa shape index (κ2) is 9.49. The molecule has 0 atom stereocenters. The number of hydrogen-bond acceptors (Lipinski definition) is 5. The quantitative estimate of drug-likeness (QED) is 0.371. The normalized spacial score (nSPS) is 10.9. The Labute approximate surface area is 180 Å². The van der Waals surface area contributed by atoms with Crippen molar-refractivity contribution in [2.45, 2.75) is 6.54 Å². The van der Waals surface area contributed by atoms with Gasteiger partial charge in [0.05, 0.1) is 25.4 Å². The van der Waals surface area contributed by atoms with Gasteiger partial charge < -0.3 is 4.74 Å². The first kappa shape index (κ1) is 20.0. The molecule has 31 heavy (non-hydrogen) atoms. The molecule has 4 rings (SSSR count). The van der Waals surface area contributed by atoms with Crippen LogP contribution in [0.3, 0.4) is 0 Å². The van der Waals surface area contributed by atoms with Crippen molar-refractivity contribution in [3.05, 3.63) is 102 Å². The summed E-state index contributed by atoms with van der Waals surface area (Å²) in [5.41, 5.74) is 6.52. The molecule has 2 heterocycles. The number of hydrogen-bond donors (Lipinski definition) is 1. The number of nitrogens with one attached hydrogen (secondary N) is 1. The van der Waals surface area contributed by atoms with Gasteiger partial charge in [-0.2, -0.15) is 10.2 Å². The van der Waals surface area contributed by atoms with Gasteiger partial charge in [0.15, 0.2) is 0 Å². The molecule has 0 aliphatic heterocycles. The number of amides is 1. The fraction of sp³-hybridized carbons (Fsp3) is 0.0833.